The fourth-order valence-corrected chi connectivity index (χ4v) is 2.39. The molecule has 23 heavy (non-hydrogen) atoms. The molecular weight excluding hydrogens is 300 g/mol. The lowest BCUT2D eigenvalue weighted by Gasteiger charge is -2.22. The first-order valence-electron chi connectivity index (χ1n) is 7.55. The van der Waals surface area contributed by atoms with Gasteiger partial charge in [-0.3, -0.25) is 4.79 Å². The van der Waals surface area contributed by atoms with E-state index in [1.54, 1.807) is 24.3 Å². The second kappa shape index (κ2) is 6.77. The molecule has 1 amide bonds. The number of nitrogens with zero attached hydrogens (tertiary/aromatic N) is 1. The van der Waals surface area contributed by atoms with Gasteiger partial charge in [-0.1, -0.05) is 18.2 Å². The van der Waals surface area contributed by atoms with Crippen molar-refractivity contribution in [2.24, 2.45) is 0 Å². The quantitative estimate of drug-likeness (QED) is 0.793. The average molecular weight is 317 g/mol. The van der Waals surface area contributed by atoms with E-state index in [-0.39, 0.29) is 11.9 Å². The average Bonchev–Trinajstić information content (AvgIpc) is 3.38. The van der Waals surface area contributed by atoms with Gasteiger partial charge in [0.05, 0.1) is 6.54 Å². The van der Waals surface area contributed by atoms with Crippen molar-refractivity contribution < 1.29 is 18.3 Å². The van der Waals surface area contributed by atoms with E-state index < -0.39 is 13.0 Å². The largest absolute Gasteiger partial charge is 0.457 e. The highest BCUT2D eigenvalue weighted by Gasteiger charge is 2.34. The first-order chi connectivity index (χ1) is 11.1. The number of benzene rings is 2. The standard InChI is InChI=1S/C18H17F2NO2/c19-17(20)12-21(14-8-9-14)18(22)13-6-10-16(11-7-13)23-15-4-2-1-3-5-15/h1-7,10-11,14,17H,8-9,12H2. The topological polar surface area (TPSA) is 29.5 Å². The number of rotatable bonds is 6. The lowest BCUT2D eigenvalue weighted by molar-refractivity contribution is 0.0534. The van der Waals surface area contributed by atoms with E-state index in [1.165, 1.54) is 4.90 Å². The Morgan fingerprint density at radius 2 is 1.65 bits per heavy atom. The Morgan fingerprint density at radius 1 is 1.04 bits per heavy atom. The van der Waals surface area contributed by atoms with Gasteiger partial charge in [0.2, 0.25) is 0 Å². The van der Waals surface area contributed by atoms with Crippen molar-refractivity contribution in [1.29, 1.82) is 0 Å². The summed E-state index contributed by atoms with van der Waals surface area (Å²) in [7, 11) is 0. The van der Waals surface area contributed by atoms with Crippen LogP contribution in [0.4, 0.5) is 8.78 Å². The van der Waals surface area contributed by atoms with Crippen molar-refractivity contribution in [2.75, 3.05) is 6.54 Å². The zero-order chi connectivity index (χ0) is 16.2. The molecule has 0 aromatic heterocycles. The van der Waals surface area contributed by atoms with Crippen LogP contribution in [0.25, 0.3) is 0 Å². The second-order valence-electron chi connectivity index (χ2n) is 5.52. The van der Waals surface area contributed by atoms with Crippen molar-refractivity contribution in [3.8, 4) is 11.5 Å². The van der Waals surface area contributed by atoms with Gasteiger partial charge in [0.25, 0.3) is 12.3 Å². The SMILES string of the molecule is O=C(c1ccc(Oc2ccccc2)cc1)N(CC(F)F)C1CC1. The zero-order valence-corrected chi connectivity index (χ0v) is 12.5. The summed E-state index contributed by atoms with van der Waals surface area (Å²) in [4.78, 5) is 13.7. The van der Waals surface area contributed by atoms with Crippen molar-refractivity contribution in [2.45, 2.75) is 25.3 Å². The summed E-state index contributed by atoms with van der Waals surface area (Å²) >= 11 is 0. The predicted octanol–water partition coefficient (Wildman–Crippen LogP) is 4.35. The minimum Gasteiger partial charge on any atom is -0.457 e. The Morgan fingerprint density at radius 3 is 2.22 bits per heavy atom. The summed E-state index contributed by atoms with van der Waals surface area (Å²) in [6.07, 6.45) is -0.915. The van der Waals surface area contributed by atoms with E-state index in [0.29, 0.717) is 17.1 Å². The molecule has 2 aromatic carbocycles. The number of halogens is 2. The Labute approximate surface area is 133 Å². The maximum Gasteiger partial charge on any atom is 0.255 e. The molecular formula is C18H17F2NO2. The van der Waals surface area contributed by atoms with Crippen LogP contribution in [0.1, 0.15) is 23.2 Å². The molecule has 2 aromatic rings. The number of hydrogen-bond acceptors (Lipinski definition) is 2. The van der Waals surface area contributed by atoms with Crippen LogP contribution in [0.5, 0.6) is 11.5 Å². The minimum atomic E-state index is -2.51. The van der Waals surface area contributed by atoms with Crippen LogP contribution in [-0.4, -0.2) is 29.8 Å². The molecule has 0 atom stereocenters. The van der Waals surface area contributed by atoms with E-state index in [9.17, 15) is 13.6 Å². The molecule has 3 nitrogen and oxygen atoms in total. The summed E-state index contributed by atoms with van der Waals surface area (Å²) in [5.41, 5.74) is 0.401. The first kappa shape index (κ1) is 15.5. The van der Waals surface area contributed by atoms with Gasteiger partial charge < -0.3 is 9.64 Å². The van der Waals surface area contributed by atoms with E-state index in [2.05, 4.69) is 0 Å². The monoisotopic (exact) mass is 317 g/mol. The van der Waals surface area contributed by atoms with Crippen molar-refractivity contribution in [3.05, 3.63) is 60.2 Å². The summed E-state index contributed by atoms with van der Waals surface area (Å²) < 4.78 is 30.9. The summed E-state index contributed by atoms with van der Waals surface area (Å²) in [6, 6.07) is 15.8. The van der Waals surface area contributed by atoms with Gasteiger partial charge in [-0.05, 0) is 49.2 Å². The number of ether oxygens (including phenoxy) is 1. The van der Waals surface area contributed by atoms with Crippen molar-refractivity contribution in [3.63, 3.8) is 0 Å². The van der Waals surface area contributed by atoms with Gasteiger partial charge in [-0.15, -0.1) is 0 Å². The van der Waals surface area contributed by atoms with E-state index >= 15 is 0 Å². The third kappa shape index (κ3) is 4.06. The zero-order valence-electron chi connectivity index (χ0n) is 12.5. The Kier molecular flexibility index (Phi) is 4.55. The van der Waals surface area contributed by atoms with Crippen LogP contribution in [0, 0.1) is 0 Å². The molecule has 0 spiro atoms. The van der Waals surface area contributed by atoms with Crippen LogP contribution in [0.15, 0.2) is 54.6 Å². The lowest BCUT2D eigenvalue weighted by atomic mass is 10.2. The maximum atomic E-state index is 12.6. The summed E-state index contributed by atoms with van der Waals surface area (Å²) in [5, 5.41) is 0. The summed E-state index contributed by atoms with van der Waals surface area (Å²) in [5.74, 6) is 0.947. The molecule has 0 radical (unpaired) electrons. The molecule has 3 rings (SSSR count). The number of para-hydroxylation sites is 1. The van der Waals surface area contributed by atoms with Gasteiger partial charge in [0, 0.05) is 11.6 Å². The second-order valence-corrected chi connectivity index (χ2v) is 5.52. The first-order valence-corrected chi connectivity index (χ1v) is 7.55. The molecule has 120 valence electrons. The molecule has 0 bridgehead atoms. The third-order valence-electron chi connectivity index (χ3n) is 3.66. The fourth-order valence-electron chi connectivity index (χ4n) is 2.39. The molecule has 1 aliphatic carbocycles. The van der Waals surface area contributed by atoms with Crippen LogP contribution in [-0.2, 0) is 0 Å². The smallest absolute Gasteiger partial charge is 0.255 e. The van der Waals surface area contributed by atoms with Gasteiger partial charge in [0.1, 0.15) is 11.5 Å². The van der Waals surface area contributed by atoms with Gasteiger partial charge >= 0.3 is 0 Å². The highest BCUT2D eigenvalue weighted by atomic mass is 19.3. The van der Waals surface area contributed by atoms with Gasteiger partial charge in [-0.2, -0.15) is 0 Å². The number of amides is 1. The molecule has 5 heteroatoms. The van der Waals surface area contributed by atoms with E-state index in [0.717, 1.165) is 12.8 Å². The number of alkyl halides is 2. The molecule has 0 aliphatic heterocycles. The predicted molar refractivity (Wildman–Crippen MR) is 83.0 cm³/mol. The van der Waals surface area contributed by atoms with Gasteiger partial charge in [0.15, 0.2) is 0 Å². The Balaban J connectivity index is 1.69. The summed E-state index contributed by atoms with van der Waals surface area (Å²) in [6.45, 7) is -0.508. The minimum absolute atomic E-state index is 0.0447. The van der Waals surface area contributed by atoms with Crippen molar-refractivity contribution in [1.82, 2.24) is 4.90 Å². The molecule has 1 aliphatic rings. The Bertz CT molecular complexity index is 654. The number of carbonyl (C=O) groups is 1. The lowest BCUT2D eigenvalue weighted by Crippen LogP contribution is -2.36. The molecule has 1 fully saturated rings. The van der Waals surface area contributed by atoms with Crippen LogP contribution < -0.4 is 4.74 Å². The van der Waals surface area contributed by atoms with Gasteiger partial charge in [-0.25, -0.2) is 8.78 Å². The third-order valence-corrected chi connectivity index (χ3v) is 3.66. The van der Waals surface area contributed by atoms with E-state index in [1.807, 2.05) is 30.3 Å². The highest BCUT2D eigenvalue weighted by Crippen LogP contribution is 2.29. The van der Waals surface area contributed by atoms with Crippen molar-refractivity contribution >= 4 is 5.91 Å². The van der Waals surface area contributed by atoms with E-state index in [4.69, 9.17) is 4.74 Å². The molecule has 0 N–H and O–H groups in total. The van der Waals surface area contributed by atoms with Crippen LogP contribution in [0.3, 0.4) is 0 Å². The molecule has 0 unspecified atom stereocenters. The Hall–Kier alpha value is -2.43. The maximum absolute atomic E-state index is 12.6. The molecule has 0 heterocycles. The van der Waals surface area contributed by atoms with Crippen LogP contribution >= 0.6 is 0 Å². The number of hydrogen-bond donors (Lipinski definition) is 0. The fraction of sp³-hybridized carbons (Fsp3) is 0.278. The normalized spacial score (nSPS) is 13.9. The highest BCUT2D eigenvalue weighted by molar-refractivity contribution is 5.94. The molecule has 1 saturated carbocycles. The molecule has 0 saturated heterocycles. The number of carbonyl (C=O) groups excluding carboxylic acids is 1. The van der Waals surface area contributed by atoms with Crippen LogP contribution in [0.2, 0.25) is 0 Å².